The molecule has 2 aromatic heterocycles. The Morgan fingerprint density at radius 2 is 1.78 bits per heavy atom. The predicted molar refractivity (Wildman–Crippen MR) is 160 cm³/mol. The van der Waals surface area contributed by atoms with Crippen molar-refractivity contribution in [2.75, 3.05) is 6.54 Å². The highest BCUT2D eigenvalue weighted by molar-refractivity contribution is 5.83. The second-order valence-electron chi connectivity index (χ2n) is 12.1. The number of carbonyl (C=O) groups excluding carboxylic acids is 1. The van der Waals surface area contributed by atoms with Gasteiger partial charge in [-0.1, -0.05) is 50.2 Å². The number of hydrogen-bond acceptors (Lipinski definition) is 6. The lowest BCUT2D eigenvalue weighted by Gasteiger charge is -2.24. The number of alkyl halides is 3. The van der Waals surface area contributed by atoms with Gasteiger partial charge in [0, 0.05) is 18.9 Å². The van der Waals surface area contributed by atoms with Crippen molar-refractivity contribution >= 4 is 5.91 Å². The minimum absolute atomic E-state index is 0.00173. The van der Waals surface area contributed by atoms with Crippen molar-refractivity contribution in [1.82, 2.24) is 19.9 Å². The van der Waals surface area contributed by atoms with Crippen LogP contribution in [0.25, 0.3) is 11.1 Å². The number of rotatable bonds is 7. The summed E-state index contributed by atoms with van der Waals surface area (Å²) in [5.41, 5.74) is 3.74. The van der Waals surface area contributed by atoms with Gasteiger partial charge in [0.25, 0.3) is 11.5 Å². The van der Waals surface area contributed by atoms with Crippen molar-refractivity contribution in [2.45, 2.75) is 69.9 Å². The Labute approximate surface area is 257 Å². The van der Waals surface area contributed by atoms with E-state index in [1.807, 2.05) is 12.4 Å². The maximum absolute atomic E-state index is 13.5. The van der Waals surface area contributed by atoms with E-state index in [4.69, 9.17) is 4.98 Å². The first kappa shape index (κ1) is 30.5. The third kappa shape index (κ3) is 6.35. The Morgan fingerprint density at radius 1 is 1.04 bits per heavy atom. The molecular formula is C34H33F3N4O4. The zero-order valence-electron chi connectivity index (χ0n) is 24.9. The van der Waals surface area contributed by atoms with Crippen molar-refractivity contribution in [2.24, 2.45) is 0 Å². The first-order valence-electron chi connectivity index (χ1n) is 14.9. The number of hydrogen-bond donors (Lipinski definition) is 2. The Kier molecular flexibility index (Phi) is 7.98. The van der Waals surface area contributed by atoms with Crippen LogP contribution in [0.2, 0.25) is 0 Å². The van der Waals surface area contributed by atoms with Gasteiger partial charge in [0.05, 0.1) is 23.2 Å². The molecule has 45 heavy (non-hydrogen) atoms. The molecule has 0 radical (unpaired) electrons. The number of H-pyrrole nitrogens is 1. The number of aryl methyl sites for hydroxylation is 1. The number of nitrogens with zero attached hydrogens (tertiary/aromatic N) is 3. The number of carbonyl (C=O) groups is 1. The molecule has 1 fully saturated rings. The lowest BCUT2D eigenvalue weighted by Crippen LogP contribution is -2.36. The van der Waals surface area contributed by atoms with E-state index in [1.165, 1.54) is 23.1 Å². The molecule has 3 heterocycles. The zero-order chi connectivity index (χ0) is 31.9. The molecular weight excluding hydrogens is 585 g/mol. The number of pyridine rings is 1. The molecule has 1 aliphatic carbocycles. The summed E-state index contributed by atoms with van der Waals surface area (Å²) in [5.74, 6) is -0.0125. The number of ether oxygens (including phenoxy) is 1. The first-order valence-corrected chi connectivity index (χ1v) is 14.9. The summed E-state index contributed by atoms with van der Waals surface area (Å²) in [5, 5.41) is 11.1. The van der Waals surface area contributed by atoms with Crippen LogP contribution in [0.3, 0.4) is 0 Å². The van der Waals surface area contributed by atoms with Crippen LogP contribution in [0.1, 0.15) is 78.9 Å². The summed E-state index contributed by atoms with van der Waals surface area (Å²) < 4.78 is 42.2. The van der Waals surface area contributed by atoms with E-state index in [2.05, 4.69) is 34.6 Å². The molecule has 0 bridgehead atoms. The number of benzene rings is 2. The molecule has 2 aromatic carbocycles. The van der Waals surface area contributed by atoms with Gasteiger partial charge in [-0.05, 0) is 77.6 Å². The van der Waals surface area contributed by atoms with Gasteiger partial charge in [0.2, 0.25) is 0 Å². The summed E-state index contributed by atoms with van der Waals surface area (Å²) in [6.45, 7) is 4.55. The average Bonchev–Trinajstić information content (AvgIpc) is 3.85. The molecule has 6 rings (SSSR count). The third-order valence-electron chi connectivity index (χ3n) is 8.62. The maximum Gasteiger partial charge on any atom is 0.573 e. The summed E-state index contributed by atoms with van der Waals surface area (Å²) in [6.07, 6.45) is 0.115. The van der Waals surface area contributed by atoms with Gasteiger partial charge in [-0.25, -0.2) is 4.98 Å². The molecule has 4 aromatic rings. The van der Waals surface area contributed by atoms with E-state index >= 15 is 0 Å². The van der Waals surface area contributed by atoms with Crippen LogP contribution in [0.5, 0.6) is 5.75 Å². The third-order valence-corrected chi connectivity index (χ3v) is 8.62. The van der Waals surface area contributed by atoms with E-state index in [0.29, 0.717) is 53.5 Å². The summed E-state index contributed by atoms with van der Waals surface area (Å²) in [6, 6.07) is 14.0. The van der Waals surface area contributed by atoms with Gasteiger partial charge in [-0.2, -0.15) is 0 Å². The number of halogens is 3. The van der Waals surface area contributed by atoms with Crippen LogP contribution in [0, 0.1) is 0 Å². The average molecular weight is 619 g/mol. The topological polar surface area (TPSA) is 108 Å². The Balaban J connectivity index is 1.22. The maximum atomic E-state index is 13.5. The Hall–Kier alpha value is -4.51. The monoisotopic (exact) mass is 618 g/mol. The van der Waals surface area contributed by atoms with Crippen LogP contribution < -0.4 is 10.3 Å². The van der Waals surface area contributed by atoms with Crippen molar-refractivity contribution in [1.29, 1.82) is 0 Å². The van der Waals surface area contributed by atoms with Crippen LogP contribution >= 0.6 is 0 Å². The molecule has 1 saturated carbocycles. The van der Waals surface area contributed by atoms with Gasteiger partial charge in [-0.3, -0.25) is 14.6 Å². The lowest BCUT2D eigenvalue weighted by molar-refractivity contribution is -0.274. The van der Waals surface area contributed by atoms with Crippen molar-refractivity contribution in [3.8, 4) is 16.9 Å². The highest BCUT2D eigenvalue weighted by Gasteiger charge is 2.49. The largest absolute Gasteiger partial charge is 0.573 e. The van der Waals surface area contributed by atoms with Crippen LogP contribution in [-0.4, -0.2) is 43.8 Å². The molecule has 1 amide bonds. The van der Waals surface area contributed by atoms with Gasteiger partial charge >= 0.3 is 6.36 Å². The van der Waals surface area contributed by atoms with Crippen LogP contribution in [-0.2, 0) is 23.2 Å². The van der Waals surface area contributed by atoms with Crippen molar-refractivity contribution in [3.63, 3.8) is 0 Å². The number of nitrogens with one attached hydrogen (secondary N) is 1. The van der Waals surface area contributed by atoms with E-state index in [0.717, 1.165) is 24.0 Å². The standard InChI is InChI=1S/C34H33F3N4O4/c1-20(2)24-15-25(18-38-17-24)33(11-12-33)32-39-28-10-5-13-41(19-27(28)30(43)40-32)31(44)29(42)23-8-3-6-21(14-23)22-7-4-9-26(16-22)45-34(35,36)37/h3-4,6-9,14-18,20,29,42H,5,10-13,19H2,1-2H3,(H,39,40,43)/t29-/m1/s1. The lowest BCUT2D eigenvalue weighted by atomic mass is 9.93. The van der Waals surface area contributed by atoms with E-state index < -0.39 is 18.4 Å². The number of amides is 1. The highest BCUT2D eigenvalue weighted by Crippen LogP contribution is 2.52. The summed E-state index contributed by atoms with van der Waals surface area (Å²) in [4.78, 5) is 40.8. The minimum atomic E-state index is -4.83. The zero-order valence-corrected chi connectivity index (χ0v) is 24.9. The normalized spacial score (nSPS) is 16.6. The smallest absolute Gasteiger partial charge is 0.406 e. The predicted octanol–water partition coefficient (Wildman–Crippen LogP) is 5.94. The highest BCUT2D eigenvalue weighted by atomic mass is 19.4. The number of aliphatic hydroxyl groups is 1. The fourth-order valence-electron chi connectivity index (χ4n) is 5.94. The quantitative estimate of drug-likeness (QED) is 0.265. The molecule has 0 spiro atoms. The molecule has 2 N–H and O–H groups in total. The second kappa shape index (κ2) is 11.8. The molecule has 1 atom stereocenters. The van der Waals surface area contributed by atoms with E-state index in [1.54, 1.807) is 30.3 Å². The molecule has 2 aliphatic rings. The summed E-state index contributed by atoms with van der Waals surface area (Å²) >= 11 is 0. The SMILES string of the molecule is CC(C)c1cncc(C2(c3nc4c(c(=O)[nH]3)CN(C(=O)[C@H](O)c3cccc(-c5cccc(OC(F)(F)F)c5)c3)CCC4)CC2)c1. The van der Waals surface area contributed by atoms with Crippen LogP contribution in [0.4, 0.5) is 13.2 Å². The number of aromatic amines is 1. The van der Waals surface area contributed by atoms with Crippen molar-refractivity contribution in [3.05, 3.63) is 111 Å². The van der Waals surface area contributed by atoms with Gasteiger partial charge in [0.1, 0.15) is 11.6 Å². The van der Waals surface area contributed by atoms with Gasteiger partial charge in [0.15, 0.2) is 6.10 Å². The summed E-state index contributed by atoms with van der Waals surface area (Å²) in [7, 11) is 0. The number of fused-ring (bicyclic) bond motifs is 1. The molecule has 8 nitrogen and oxygen atoms in total. The van der Waals surface area contributed by atoms with Crippen molar-refractivity contribution < 1.29 is 27.8 Å². The minimum Gasteiger partial charge on any atom is -0.406 e. The second-order valence-corrected chi connectivity index (χ2v) is 12.1. The number of aliphatic hydroxyl groups excluding tert-OH is 1. The van der Waals surface area contributed by atoms with Crippen LogP contribution in [0.15, 0.2) is 71.8 Å². The molecule has 234 valence electrons. The van der Waals surface area contributed by atoms with Gasteiger partial charge < -0.3 is 19.7 Å². The fourth-order valence-corrected chi connectivity index (χ4v) is 5.94. The first-order chi connectivity index (χ1) is 21.4. The molecule has 0 unspecified atom stereocenters. The Morgan fingerprint density at radius 3 is 2.49 bits per heavy atom. The Bertz CT molecular complexity index is 1800. The van der Waals surface area contributed by atoms with E-state index in [9.17, 15) is 27.9 Å². The molecule has 1 aliphatic heterocycles. The van der Waals surface area contributed by atoms with E-state index in [-0.39, 0.29) is 28.8 Å². The number of aromatic nitrogens is 3. The molecule has 11 heteroatoms. The van der Waals surface area contributed by atoms with Gasteiger partial charge in [-0.15, -0.1) is 13.2 Å². The fraction of sp³-hybridized carbons (Fsp3) is 0.353. The molecule has 0 saturated heterocycles.